The Balaban J connectivity index is 4.09. The largest absolute Gasteiger partial charge is 0.481 e. The minimum absolute atomic E-state index is 0.172. The maximum atomic E-state index is 10.9. The van der Waals surface area contributed by atoms with Gasteiger partial charge in [-0.25, -0.2) is 0 Å². The molecular formula is C12H20O2. The van der Waals surface area contributed by atoms with E-state index in [1.54, 1.807) is 0 Å². The molecule has 2 nitrogen and oxygen atoms in total. The van der Waals surface area contributed by atoms with Crippen molar-refractivity contribution in [3.63, 3.8) is 0 Å². The van der Waals surface area contributed by atoms with Crippen molar-refractivity contribution in [1.82, 2.24) is 0 Å². The third-order valence-electron chi connectivity index (χ3n) is 2.54. The maximum absolute atomic E-state index is 10.9. The van der Waals surface area contributed by atoms with Gasteiger partial charge in [0.15, 0.2) is 0 Å². The van der Waals surface area contributed by atoms with Gasteiger partial charge in [0, 0.05) is 6.42 Å². The van der Waals surface area contributed by atoms with Crippen LogP contribution < -0.4 is 0 Å². The Morgan fingerprint density at radius 2 is 1.93 bits per heavy atom. The summed E-state index contributed by atoms with van der Waals surface area (Å²) in [6.07, 6.45) is 7.50. The summed E-state index contributed by atoms with van der Waals surface area (Å²) in [7, 11) is 0. The molecule has 0 aliphatic rings. The molecule has 0 heterocycles. The van der Waals surface area contributed by atoms with E-state index in [9.17, 15) is 4.79 Å². The van der Waals surface area contributed by atoms with Gasteiger partial charge < -0.3 is 5.11 Å². The third-order valence-corrected chi connectivity index (χ3v) is 2.54. The first-order valence-electron chi connectivity index (χ1n) is 5.15. The van der Waals surface area contributed by atoms with Crippen molar-refractivity contribution in [3.05, 3.63) is 0 Å². The Labute approximate surface area is 86.7 Å². The van der Waals surface area contributed by atoms with E-state index in [1.807, 2.05) is 6.92 Å². The summed E-state index contributed by atoms with van der Waals surface area (Å²) in [6.45, 7) is 6.26. The zero-order chi connectivity index (χ0) is 11.1. The second-order valence-electron chi connectivity index (χ2n) is 4.30. The minimum Gasteiger partial charge on any atom is -0.481 e. The molecule has 0 bridgehead atoms. The summed E-state index contributed by atoms with van der Waals surface area (Å²) >= 11 is 0. The van der Waals surface area contributed by atoms with Crippen LogP contribution in [0, 0.1) is 30.1 Å². The molecule has 2 unspecified atom stereocenters. The molecule has 0 fully saturated rings. The number of terminal acetylenes is 1. The summed E-state index contributed by atoms with van der Waals surface area (Å²) in [5.74, 6) is 2.09. The van der Waals surface area contributed by atoms with Gasteiger partial charge in [-0.05, 0) is 18.3 Å². The van der Waals surface area contributed by atoms with Gasteiger partial charge in [-0.15, -0.1) is 12.3 Å². The number of carboxylic acids is 1. The van der Waals surface area contributed by atoms with Crippen molar-refractivity contribution in [2.45, 2.75) is 40.0 Å². The Morgan fingerprint density at radius 1 is 1.36 bits per heavy atom. The van der Waals surface area contributed by atoms with Crippen molar-refractivity contribution >= 4 is 5.97 Å². The smallest absolute Gasteiger partial charge is 0.307 e. The second kappa shape index (κ2) is 6.48. The van der Waals surface area contributed by atoms with E-state index in [1.165, 1.54) is 0 Å². The predicted molar refractivity (Wildman–Crippen MR) is 57.8 cm³/mol. The normalized spacial score (nSPS) is 14.8. The SMILES string of the molecule is C#CCC(C(=O)O)C(C)CCC(C)C. The van der Waals surface area contributed by atoms with Gasteiger partial charge in [0.05, 0.1) is 5.92 Å². The fourth-order valence-corrected chi connectivity index (χ4v) is 1.46. The van der Waals surface area contributed by atoms with E-state index in [-0.39, 0.29) is 11.8 Å². The second-order valence-corrected chi connectivity index (χ2v) is 4.30. The number of hydrogen-bond donors (Lipinski definition) is 1. The molecule has 0 aromatic rings. The highest BCUT2D eigenvalue weighted by atomic mass is 16.4. The van der Waals surface area contributed by atoms with E-state index in [4.69, 9.17) is 11.5 Å². The van der Waals surface area contributed by atoms with Crippen molar-refractivity contribution < 1.29 is 9.90 Å². The van der Waals surface area contributed by atoms with Crippen LogP contribution in [0.5, 0.6) is 0 Å². The first-order chi connectivity index (χ1) is 6.49. The van der Waals surface area contributed by atoms with Crippen LogP contribution in [0.3, 0.4) is 0 Å². The monoisotopic (exact) mass is 196 g/mol. The molecular weight excluding hydrogens is 176 g/mol. The van der Waals surface area contributed by atoms with Gasteiger partial charge in [0.25, 0.3) is 0 Å². The van der Waals surface area contributed by atoms with Crippen molar-refractivity contribution in [1.29, 1.82) is 0 Å². The van der Waals surface area contributed by atoms with Crippen LogP contribution in [-0.2, 0) is 4.79 Å². The van der Waals surface area contributed by atoms with E-state index in [2.05, 4.69) is 19.8 Å². The third kappa shape index (κ3) is 4.91. The Morgan fingerprint density at radius 3 is 2.29 bits per heavy atom. The molecule has 0 spiro atoms. The predicted octanol–water partition coefficient (Wildman–Crippen LogP) is 2.78. The Kier molecular flexibility index (Phi) is 6.03. The molecule has 0 aromatic heterocycles. The van der Waals surface area contributed by atoms with Crippen LogP contribution in [0.4, 0.5) is 0 Å². The van der Waals surface area contributed by atoms with Gasteiger partial charge in [-0.1, -0.05) is 27.2 Å². The average Bonchev–Trinajstić information content (AvgIpc) is 2.09. The summed E-state index contributed by atoms with van der Waals surface area (Å²) in [5.41, 5.74) is 0. The molecule has 2 heteroatoms. The molecule has 0 saturated carbocycles. The summed E-state index contributed by atoms with van der Waals surface area (Å²) in [5, 5.41) is 8.94. The van der Waals surface area contributed by atoms with Crippen LogP contribution >= 0.6 is 0 Å². The first kappa shape index (κ1) is 13.0. The molecule has 0 aliphatic heterocycles. The highest BCUT2D eigenvalue weighted by Crippen LogP contribution is 2.22. The maximum Gasteiger partial charge on any atom is 0.307 e. The molecule has 0 rings (SSSR count). The van der Waals surface area contributed by atoms with Gasteiger partial charge in [-0.2, -0.15) is 0 Å². The Bertz CT molecular complexity index is 213. The van der Waals surface area contributed by atoms with E-state index >= 15 is 0 Å². The van der Waals surface area contributed by atoms with Crippen molar-refractivity contribution in [2.24, 2.45) is 17.8 Å². The van der Waals surface area contributed by atoms with Crippen LogP contribution in [0.2, 0.25) is 0 Å². The number of carbonyl (C=O) groups is 1. The van der Waals surface area contributed by atoms with Crippen molar-refractivity contribution in [3.8, 4) is 12.3 Å². The van der Waals surface area contributed by atoms with Gasteiger partial charge >= 0.3 is 5.97 Å². The highest BCUT2D eigenvalue weighted by Gasteiger charge is 2.23. The summed E-state index contributed by atoms with van der Waals surface area (Å²) < 4.78 is 0. The van der Waals surface area contributed by atoms with E-state index in [0.29, 0.717) is 12.3 Å². The van der Waals surface area contributed by atoms with Crippen LogP contribution in [0.15, 0.2) is 0 Å². The van der Waals surface area contributed by atoms with Gasteiger partial charge in [0.2, 0.25) is 0 Å². The molecule has 0 aromatic carbocycles. The fourth-order valence-electron chi connectivity index (χ4n) is 1.46. The zero-order valence-corrected chi connectivity index (χ0v) is 9.29. The lowest BCUT2D eigenvalue weighted by Crippen LogP contribution is -2.21. The molecule has 14 heavy (non-hydrogen) atoms. The van der Waals surface area contributed by atoms with Crippen LogP contribution in [0.1, 0.15) is 40.0 Å². The highest BCUT2D eigenvalue weighted by molar-refractivity contribution is 5.70. The molecule has 0 saturated heterocycles. The summed E-state index contributed by atoms with van der Waals surface area (Å²) in [6, 6.07) is 0. The van der Waals surface area contributed by atoms with Crippen LogP contribution in [-0.4, -0.2) is 11.1 Å². The number of rotatable bonds is 6. The first-order valence-corrected chi connectivity index (χ1v) is 5.15. The van der Waals surface area contributed by atoms with Crippen LogP contribution in [0.25, 0.3) is 0 Å². The fraction of sp³-hybridized carbons (Fsp3) is 0.750. The molecule has 0 radical (unpaired) electrons. The zero-order valence-electron chi connectivity index (χ0n) is 9.29. The lowest BCUT2D eigenvalue weighted by molar-refractivity contribution is -0.143. The standard InChI is InChI=1S/C12H20O2/c1-5-6-11(12(13)14)10(4)8-7-9(2)3/h1,9-11H,6-8H2,2-4H3,(H,13,14). The van der Waals surface area contributed by atoms with Crippen molar-refractivity contribution in [2.75, 3.05) is 0 Å². The van der Waals surface area contributed by atoms with Gasteiger partial charge in [0.1, 0.15) is 0 Å². The molecule has 0 amide bonds. The lowest BCUT2D eigenvalue weighted by atomic mass is 9.86. The Hall–Kier alpha value is -0.970. The van der Waals surface area contributed by atoms with E-state index < -0.39 is 5.97 Å². The number of aliphatic carboxylic acids is 1. The number of hydrogen-bond acceptors (Lipinski definition) is 1. The molecule has 2 atom stereocenters. The van der Waals surface area contributed by atoms with Gasteiger partial charge in [-0.3, -0.25) is 4.79 Å². The summed E-state index contributed by atoms with van der Waals surface area (Å²) in [4.78, 5) is 10.9. The quantitative estimate of drug-likeness (QED) is 0.663. The average molecular weight is 196 g/mol. The lowest BCUT2D eigenvalue weighted by Gasteiger charge is -2.18. The number of carboxylic acid groups (broad SMARTS) is 1. The van der Waals surface area contributed by atoms with E-state index in [0.717, 1.165) is 12.8 Å². The molecule has 1 N–H and O–H groups in total. The topological polar surface area (TPSA) is 37.3 Å². The molecule has 0 aliphatic carbocycles. The molecule has 80 valence electrons. The minimum atomic E-state index is -0.765.